The van der Waals surface area contributed by atoms with E-state index in [2.05, 4.69) is 58.4 Å². The molecule has 0 fully saturated rings. The van der Waals surface area contributed by atoms with E-state index in [0.29, 0.717) is 5.88 Å². The highest BCUT2D eigenvalue weighted by Gasteiger charge is 2.40. The predicted octanol–water partition coefficient (Wildman–Crippen LogP) is 3.64. The quantitative estimate of drug-likeness (QED) is 0.164. The number of ether oxygens (including phenoxy) is 2. The highest BCUT2D eigenvalue weighted by Crippen LogP contribution is 2.27. The zero-order valence-electron chi connectivity index (χ0n) is 24.4. The van der Waals surface area contributed by atoms with Gasteiger partial charge >= 0.3 is 17.9 Å². The van der Waals surface area contributed by atoms with Gasteiger partial charge in [0.2, 0.25) is 5.88 Å². The van der Waals surface area contributed by atoms with Crippen molar-refractivity contribution in [1.29, 1.82) is 0 Å². The molecule has 2 aromatic heterocycles. The molecule has 0 unspecified atom stereocenters. The topological polar surface area (TPSA) is 180 Å². The van der Waals surface area contributed by atoms with Gasteiger partial charge in [-0.25, -0.2) is 9.78 Å². The number of carboxylic acids is 3. The number of aliphatic hydroxyl groups is 1. The minimum atomic E-state index is -2.74. The maximum Gasteiger partial charge on any atom is 0.336 e. The van der Waals surface area contributed by atoms with Gasteiger partial charge in [-0.1, -0.05) is 30.3 Å². The van der Waals surface area contributed by atoms with E-state index in [1.807, 2.05) is 30.6 Å². The van der Waals surface area contributed by atoms with E-state index >= 15 is 0 Å². The molecule has 0 bridgehead atoms. The van der Waals surface area contributed by atoms with Gasteiger partial charge in [0.25, 0.3) is 0 Å². The number of aliphatic carboxylic acids is 3. The van der Waals surface area contributed by atoms with Gasteiger partial charge in [-0.15, -0.1) is 0 Å². The smallest absolute Gasteiger partial charge is 0.336 e. The van der Waals surface area contributed by atoms with Crippen molar-refractivity contribution in [3.63, 3.8) is 0 Å². The van der Waals surface area contributed by atoms with Crippen molar-refractivity contribution in [2.24, 2.45) is 0 Å². The number of hydrogen-bond acceptors (Lipinski definition) is 9. The summed E-state index contributed by atoms with van der Waals surface area (Å²) in [5.74, 6) is -3.58. The normalized spacial score (nSPS) is 11.0. The van der Waals surface area contributed by atoms with Crippen LogP contribution in [0.4, 0.5) is 0 Å². The first-order chi connectivity index (χ1) is 21.0. The van der Waals surface area contributed by atoms with E-state index in [-0.39, 0.29) is 0 Å². The second-order valence-electron chi connectivity index (χ2n) is 9.99. The summed E-state index contributed by atoms with van der Waals surface area (Å²) >= 11 is 0. The number of aromatic nitrogens is 2. The van der Waals surface area contributed by atoms with Crippen LogP contribution in [-0.4, -0.2) is 79.6 Å². The number of nitrogens with zero attached hydrogens (tertiary/aromatic N) is 3. The van der Waals surface area contributed by atoms with Crippen LogP contribution in [0.25, 0.3) is 10.9 Å². The third-order valence-electron chi connectivity index (χ3n) is 6.65. The standard InChI is InChI=1S/C26H27N3O2.C6H8O7/c1-30-24-9-8-22-16-23(26(31-2)28-25(22)17-24)19-29(18-21-10-13-27-14-11-21)15-12-20-6-4-3-5-7-20;7-3(8)1-6(13,5(11)12)2-4(9)10/h3-11,13-14,16-17H,12,15,18-19H2,1-2H3;13H,1-2H2,(H,7,8)(H,9,10)(H,11,12). The summed E-state index contributed by atoms with van der Waals surface area (Å²) in [6.45, 7) is 2.50. The summed E-state index contributed by atoms with van der Waals surface area (Å²) in [7, 11) is 3.34. The van der Waals surface area contributed by atoms with Gasteiger partial charge in [-0.3, -0.25) is 19.5 Å². The van der Waals surface area contributed by atoms with E-state index in [1.165, 1.54) is 11.1 Å². The van der Waals surface area contributed by atoms with Crippen LogP contribution in [-0.2, 0) is 33.9 Å². The number of hydrogen-bond donors (Lipinski definition) is 4. The molecule has 0 atom stereocenters. The minimum absolute atomic E-state index is 0.653. The number of rotatable bonds is 14. The molecular formula is C32H35N3O9. The van der Waals surface area contributed by atoms with E-state index in [1.54, 1.807) is 14.2 Å². The number of benzene rings is 2. The molecule has 0 aliphatic carbocycles. The van der Waals surface area contributed by atoms with E-state index in [4.69, 9.17) is 34.9 Å². The maximum atomic E-state index is 10.3. The first-order valence-corrected chi connectivity index (χ1v) is 13.6. The van der Waals surface area contributed by atoms with Crippen LogP contribution < -0.4 is 9.47 Å². The Hall–Kier alpha value is -5.07. The Bertz CT molecular complexity index is 1530. The Morgan fingerprint density at radius 2 is 1.48 bits per heavy atom. The van der Waals surface area contributed by atoms with Gasteiger partial charge in [0.15, 0.2) is 5.60 Å². The summed E-state index contributed by atoms with van der Waals surface area (Å²) in [5.41, 5.74) is 1.77. The molecule has 4 rings (SSSR count). The summed E-state index contributed by atoms with van der Waals surface area (Å²) in [6, 6.07) is 22.8. The van der Waals surface area contributed by atoms with Gasteiger partial charge in [-0.05, 0) is 47.9 Å². The van der Waals surface area contributed by atoms with Crippen molar-refractivity contribution in [3.05, 3.63) is 95.8 Å². The van der Waals surface area contributed by atoms with Crippen LogP contribution in [0.5, 0.6) is 11.6 Å². The van der Waals surface area contributed by atoms with Crippen LogP contribution in [0.3, 0.4) is 0 Å². The van der Waals surface area contributed by atoms with Crippen LogP contribution in [0.15, 0.2) is 79.1 Å². The SMILES string of the molecule is COc1ccc2cc(CN(CCc3ccccc3)Cc3ccncc3)c(OC)nc2c1.O=C(O)CC(O)(CC(=O)O)C(=O)O. The summed E-state index contributed by atoms with van der Waals surface area (Å²) in [4.78, 5) is 41.8. The molecule has 0 radical (unpaired) electrons. The second kappa shape index (κ2) is 16.0. The number of fused-ring (bicyclic) bond motifs is 1. The van der Waals surface area contributed by atoms with Crippen molar-refractivity contribution in [3.8, 4) is 11.6 Å². The largest absolute Gasteiger partial charge is 0.497 e. The van der Waals surface area contributed by atoms with Crippen LogP contribution in [0, 0.1) is 0 Å². The predicted molar refractivity (Wildman–Crippen MR) is 160 cm³/mol. The Morgan fingerprint density at radius 1 is 0.818 bits per heavy atom. The highest BCUT2D eigenvalue weighted by molar-refractivity contribution is 5.88. The fourth-order valence-electron chi connectivity index (χ4n) is 4.44. The maximum absolute atomic E-state index is 10.3. The highest BCUT2D eigenvalue weighted by atomic mass is 16.5. The first kappa shape index (κ1) is 33.4. The summed E-state index contributed by atoms with van der Waals surface area (Å²) in [5, 5.41) is 34.9. The Kier molecular flexibility index (Phi) is 12.1. The Morgan fingerprint density at radius 3 is 2.05 bits per heavy atom. The fraction of sp³-hybridized carbons (Fsp3) is 0.281. The van der Waals surface area contributed by atoms with Gasteiger partial charge < -0.3 is 29.9 Å². The second-order valence-corrected chi connectivity index (χ2v) is 9.99. The van der Waals surface area contributed by atoms with Crippen molar-refractivity contribution in [2.45, 2.75) is 38.0 Å². The van der Waals surface area contributed by atoms with Crippen molar-refractivity contribution in [1.82, 2.24) is 14.9 Å². The lowest BCUT2D eigenvalue weighted by molar-refractivity contribution is -0.170. The molecule has 0 saturated carbocycles. The molecule has 232 valence electrons. The van der Waals surface area contributed by atoms with Crippen molar-refractivity contribution >= 4 is 28.8 Å². The lowest BCUT2D eigenvalue weighted by Gasteiger charge is -2.23. The number of methoxy groups -OCH3 is 2. The number of carboxylic acid groups (broad SMARTS) is 3. The molecule has 0 aliphatic rings. The van der Waals surface area contributed by atoms with Gasteiger partial charge in [-0.2, -0.15) is 0 Å². The van der Waals surface area contributed by atoms with Gasteiger partial charge in [0.1, 0.15) is 5.75 Å². The van der Waals surface area contributed by atoms with Crippen molar-refractivity contribution in [2.75, 3.05) is 20.8 Å². The van der Waals surface area contributed by atoms with E-state index in [9.17, 15) is 14.4 Å². The average Bonchev–Trinajstić information content (AvgIpc) is 2.99. The van der Waals surface area contributed by atoms with Crippen molar-refractivity contribution < 1.29 is 44.3 Å². The molecule has 4 aromatic rings. The third kappa shape index (κ3) is 10.0. The molecule has 0 saturated heterocycles. The Balaban J connectivity index is 0.000000345. The fourth-order valence-corrected chi connectivity index (χ4v) is 4.44. The average molecular weight is 606 g/mol. The van der Waals surface area contributed by atoms with Gasteiger partial charge in [0.05, 0.1) is 32.6 Å². The molecule has 4 N–H and O–H groups in total. The first-order valence-electron chi connectivity index (χ1n) is 13.6. The molecule has 12 heteroatoms. The Labute approximate surface area is 254 Å². The molecular weight excluding hydrogens is 570 g/mol. The van der Waals surface area contributed by atoms with E-state index < -0.39 is 36.4 Å². The lowest BCUT2D eigenvalue weighted by atomic mass is 9.96. The zero-order valence-corrected chi connectivity index (χ0v) is 24.4. The molecule has 0 amide bonds. The zero-order chi connectivity index (χ0) is 32.1. The summed E-state index contributed by atoms with van der Waals surface area (Å²) < 4.78 is 11.0. The number of pyridine rings is 2. The monoisotopic (exact) mass is 605 g/mol. The lowest BCUT2D eigenvalue weighted by Crippen LogP contribution is -2.42. The molecule has 2 heterocycles. The molecule has 0 spiro atoms. The van der Waals surface area contributed by atoms with Crippen LogP contribution >= 0.6 is 0 Å². The molecule has 12 nitrogen and oxygen atoms in total. The van der Waals surface area contributed by atoms with Crippen LogP contribution in [0.1, 0.15) is 29.5 Å². The minimum Gasteiger partial charge on any atom is -0.497 e. The van der Waals surface area contributed by atoms with E-state index in [0.717, 1.165) is 48.3 Å². The molecule has 2 aromatic carbocycles. The van der Waals surface area contributed by atoms with Crippen LogP contribution in [0.2, 0.25) is 0 Å². The van der Waals surface area contributed by atoms with Gasteiger partial charge in [0, 0.05) is 49.0 Å². The third-order valence-corrected chi connectivity index (χ3v) is 6.65. The number of carbonyl (C=O) groups is 3. The molecule has 44 heavy (non-hydrogen) atoms. The molecule has 0 aliphatic heterocycles. The summed E-state index contributed by atoms with van der Waals surface area (Å²) in [6.07, 6.45) is 2.38.